The third kappa shape index (κ3) is 4.64. The van der Waals surface area contributed by atoms with Crippen molar-refractivity contribution < 1.29 is 9.59 Å². The number of nitrogens with zero attached hydrogens (tertiary/aromatic N) is 2. The SMILES string of the molecule is O=C(NCc1ccncc1)Nc1cccc(NC(=O)c2ccn[nH]2)c1. The summed E-state index contributed by atoms with van der Waals surface area (Å²) < 4.78 is 0. The lowest BCUT2D eigenvalue weighted by Crippen LogP contribution is -2.28. The molecule has 126 valence electrons. The molecule has 3 rings (SSSR count). The molecule has 4 N–H and O–H groups in total. The van der Waals surface area contributed by atoms with E-state index in [2.05, 4.69) is 31.1 Å². The number of nitrogens with one attached hydrogen (secondary N) is 4. The summed E-state index contributed by atoms with van der Waals surface area (Å²) in [6.07, 6.45) is 4.83. The molecule has 2 heterocycles. The molecule has 0 aliphatic heterocycles. The van der Waals surface area contributed by atoms with Gasteiger partial charge in [-0.3, -0.25) is 14.9 Å². The molecule has 8 heteroatoms. The van der Waals surface area contributed by atoms with Gasteiger partial charge in [-0.1, -0.05) is 6.07 Å². The molecule has 0 aliphatic rings. The molecule has 0 bridgehead atoms. The normalized spacial score (nSPS) is 10.1. The maximum absolute atomic E-state index is 12.0. The summed E-state index contributed by atoms with van der Waals surface area (Å²) in [6.45, 7) is 0.393. The van der Waals surface area contributed by atoms with Crippen LogP contribution in [0.5, 0.6) is 0 Å². The number of hydrogen-bond acceptors (Lipinski definition) is 4. The van der Waals surface area contributed by atoms with Crippen molar-refractivity contribution in [1.82, 2.24) is 20.5 Å². The lowest BCUT2D eigenvalue weighted by molar-refractivity contribution is 0.102. The number of amides is 3. The monoisotopic (exact) mass is 336 g/mol. The molecule has 3 aromatic rings. The Bertz CT molecular complexity index is 849. The van der Waals surface area contributed by atoms with Crippen molar-refractivity contribution >= 4 is 23.3 Å². The number of anilines is 2. The van der Waals surface area contributed by atoms with E-state index in [0.29, 0.717) is 23.6 Å². The number of aromatic amines is 1. The Morgan fingerprint density at radius 1 is 0.960 bits per heavy atom. The first-order chi connectivity index (χ1) is 12.2. The summed E-state index contributed by atoms with van der Waals surface area (Å²) in [5.41, 5.74) is 2.43. The first-order valence-electron chi connectivity index (χ1n) is 7.55. The minimum atomic E-state index is -0.339. The van der Waals surface area contributed by atoms with Crippen LogP contribution in [0.15, 0.2) is 61.1 Å². The van der Waals surface area contributed by atoms with E-state index < -0.39 is 0 Å². The van der Waals surface area contributed by atoms with E-state index in [-0.39, 0.29) is 11.9 Å². The number of rotatable bonds is 5. The van der Waals surface area contributed by atoms with Gasteiger partial charge in [0.1, 0.15) is 5.69 Å². The van der Waals surface area contributed by atoms with Crippen LogP contribution in [0.1, 0.15) is 16.1 Å². The Kier molecular flexibility index (Phi) is 5.01. The number of hydrogen-bond donors (Lipinski definition) is 4. The third-order valence-corrected chi connectivity index (χ3v) is 3.33. The highest BCUT2D eigenvalue weighted by atomic mass is 16.2. The molecule has 2 aromatic heterocycles. The van der Waals surface area contributed by atoms with Gasteiger partial charge >= 0.3 is 6.03 Å². The van der Waals surface area contributed by atoms with Gasteiger partial charge in [0.2, 0.25) is 0 Å². The maximum Gasteiger partial charge on any atom is 0.319 e. The van der Waals surface area contributed by atoms with E-state index in [1.165, 1.54) is 6.20 Å². The van der Waals surface area contributed by atoms with Crippen molar-refractivity contribution in [3.05, 3.63) is 72.3 Å². The number of H-pyrrole nitrogens is 1. The predicted octanol–water partition coefficient (Wildman–Crippen LogP) is 2.38. The minimum absolute atomic E-state index is 0.309. The number of pyridine rings is 1. The number of urea groups is 1. The molecular formula is C17H16N6O2. The molecule has 0 fully saturated rings. The van der Waals surface area contributed by atoms with Crippen LogP contribution in [0.2, 0.25) is 0 Å². The van der Waals surface area contributed by atoms with Gasteiger partial charge in [-0.15, -0.1) is 0 Å². The molecule has 0 spiro atoms. The van der Waals surface area contributed by atoms with Crippen LogP contribution >= 0.6 is 0 Å². The van der Waals surface area contributed by atoms with Gasteiger partial charge in [-0.2, -0.15) is 5.10 Å². The average Bonchev–Trinajstić information content (AvgIpc) is 3.16. The zero-order chi connectivity index (χ0) is 17.5. The Morgan fingerprint density at radius 2 is 1.72 bits per heavy atom. The first-order valence-corrected chi connectivity index (χ1v) is 7.55. The van der Waals surface area contributed by atoms with E-state index in [4.69, 9.17) is 0 Å². The van der Waals surface area contributed by atoms with Gasteiger partial charge < -0.3 is 16.0 Å². The summed E-state index contributed by atoms with van der Waals surface area (Å²) in [7, 11) is 0. The molecule has 0 aliphatic carbocycles. The topological polar surface area (TPSA) is 112 Å². The fourth-order valence-corrected chi connectivity index (χ4v) is 2.11. The number of aromatic nitrogens is 3. The van der Waals surface area contributed by atoms with E-state index in [1.54, 1.807) is 42.7 Å². The molecule has 25 heavy (non-hydrogen) atoms. The fraction of sp³-hybridized carbons (Fsp3) is 0.0588. The molecule has 8 nitrogen and oxygen atoms in total. The highest BCUT2D eigenvalue weighted by Gasteiger charge is 2.08. The van der Waals surface area contributed by atoms with E-state index >= 15 is 0 Å². The van der Waals surface area contributed by atoms with Crippen molar-refractivity contribution in [3.8, 4) is 0 Å². The van der Waals surface area contributed by atoms with Gasteiger partial charge in [-0.25, -0.2) is 4.79 Å². The zero-order valence-electron chi connectivity index (χ0n) is 13.2. The molecule has 0 unspecified atom stereocenters. The number of benzene rings is 1. The Labute approximate surface area is 143 Å². The van der Waals surface area contributed by atoms with Crippen molar-refractivity contribution in [2.45, 2.75) is 6.54 Å². The largest absolute Gasteiger partial charge is 0.334 e. The van der Waals surface area contributed by atoms with Crippen LogP contribution in [0.25, 0.3) is 0 Å². The minimum Gasteiger partial charge on any atom is -0.334 e. The van der Waals surface area contributed by atoms with Crippen molar-refractivity contribution in [2.75, 3.05) is 10.6 Å². The zero-order valence-corrected chi connectivity index (χ0v) is 13.2. The predicted molar refractivity (Wildman–Crippen MR) is 93.1 cm³/mol. The van der Waals surface area contributed by atoms with E-state index in [0.717, 1.165) is 5.56 Å². The molecule has 0 radical (unpaired) electrons. The smallest absolute Gasteiger partial charge is 0.319 e. The number of carbonyl (C=O) groups excluding carboxylic acids is 2. The summed E-state index contributed by atoms with van der Waals surface area (Å²) in [4.78, 5) is 27.9. The summed E-state index contributed by atoms with van der Waals surface area (Å²) >= 11 is 0. The second kappa shape index (κ2) is 7.73. The maximum atomic E-state index is 12.0. The van der Waals surface area contributed by atoms with E-state index in [1.807, 2.05) is 12.1 Å². The lowest BCUT2D eigenvalue weighted by Gasteiger charge is -2.09. The second-order valence-corrected chi connectivity index (χ2v) is 5.17. The van der Waals surface area contributed by atoms with Crippen LogP contribution < -0.4 is 16.0 Å². The van der Waals surface area contributed by atoms with Crippen molar-refractivity contribution in [3.63, 3.8) is 0 Å². The average molecular weight is 336 g/mol. The molecule has 0 atom stereocenters. The summed E-state index contributed by atoms with van der Waals surface area (Å²) in [5.74, 6) is -0.309. The van der Waals surface area contributed by atoms with Gasteiger partial charge in [0, 0.05) is 36.5 Å². The lowest BCUT2D eigenvalue weighted by atomic mass is 10.2. The highest BCUT2D eigenvalue weighted by molar-refractivity contribution is 6.03. The fourth-order valence-electron chi connectivity index (χ4n) is 2.11. The van der Waals surface area contributed by atoms with Crippen LogP contribution in [-0.4, -0.2) is 27.1 Å². The van der Waals surface area contributed by atoms with Gasteiger partial charge in [0.25, 0.3) is 5.91 Å². The standard InChI is InChI=1S/C17H16N6O2/c24-16(15-6-9-20-23-15)21-13-2-1-3-14(10-13)22-17(25)19-11-12-4-7-18-8-5-12/h1-10H,11H2,(H,20,23)(H,21,24)(H2,19,22,25). The van der Waals surface area contributed by atoms with Crippen LogP contribution in [0.3, 0.4) is 0 Å². The molecule has 0 saturated carbocycles. The van der Waals surface area contributed by atoms with Crippen molar-refractivity contribution in [1.29, 1.82) is 0 Å². The molecule has 3 amide bonds. The Morgan fingerprint density at radius 3 is 2.44 bits per heavy atom. The highest BCUT2D eigenvalue weighted by Crippen LogP contribution is 2.15. The van der Waals surface area contributed by atoms with Crippen LogP contribution in [-0.2, 0) is 6.54 Å². The second-order valence-electron chi connectivity index (χ2n) is 5.17. The van der Waals surface area contributed by atoms with Gasteiger partial charge in [0.05, 0.1) is 0 Å². The van der Waals surface area contributed by atoms with E-state index in [9.17, 15) is 9.59 Å². The van der Waals surface area contributed by atoms with Crippen LogP contribution in [0, 0.1) is 0 Å². The third-order valence-electron chi connectivity index (χ3n) is 3.33. The quantitative estimate of drug-likeness (QED) is 0.573. The van der Waals surface area contributed by atoms with Crippen molar-refractivity contribution in [2.24, 2.45) is 0 Å². The summed E-state index contributed by atoms with van der Waals surface area (Å²) in [6, 6.07) is 11.8. The Balaban J connectivity index is 1.56. The first kappa shape index (κ1) is 16.2. The number of carbonyl (C=O) groups is 2. The molecule has 0 saturated heterocycles. The molecule has 1 aromatic carbocycles. The van der Waals surface area contributed by atoms with Crippen LogP contribution in [0.4, 0.5) is 16.2 Å². The summed E-state index contributed by atoms with van der Waals surface area (Å²) in [5, 5.41) is 14.5. The Hall–Kier alpha value is -3.68. The van der Waals surface area contributed by atoms with Gasteiger partial charge in [-0.05, 0) is 42.0 Å². The van der Waals surface area contributed by atoms with Gasteiger partial charge in [0.15, 0.2) is 0 Å². The molecular weight excluding hydrogens is 320 g/mol.